The maximum atomic E-state index is 12.0. The zero-order chi connectivity index (χ0) is 11.1. The number of piperidine rings is 1. The van der Waals surface area contributed by atoms with E-state index in [0.717, 1.165) is 37.9 Å². The molecule has 0 aromatic carbocycles. The van der Waals surface area contributed by atoms with Gasteiger partial charge >= 0.3 is 0 Å². The van der Waals surface area contributed by atoms with Crippen LogP contribution in [0.3, 0.4) is 0 Å². The van der Waals surface area contributed by atoms with Crippen LogP contribution in [0.4, 0.5) is 0 Å². The molecule has 0 unspecified atom stereocenters. The van der Waals surface area contributed by atoms with Crippen molar-refractivity contribution < 1.29 is 4.79 Å². The van der Waals surface area contributed by atoms with E-state index in [1.54, 1.807) is 0 Å². The predicted molar refractivity (Wildman–Crippen MR) is 60.3 cm³/mol. The molecule has 0 radical (unpaired) electrons. The molecular formula is C12H20N2O. The van der Waals surface area contributed by atoms with Crippen molar-refractivity contribution in [2.75, 3.05) is 20.1 Å². The molecule has 0 aromatic rings. The molecule has 3 heteroatoms. The van der Waals surface area contributed by atoms with Crippen LogP contribution >= 0.6 is 0 Å². The van der Waals surface area contributed by atoms with Crippen LogP contribution in [0.15, 0.2) is 11.3 Å². The molecular weight excluding hydrogens is 188 g/mol. The lowest BCUT2D eigenvalue weighted by Gasteiger charge is -2.29. The maximum absolute atomic E-state index is 12.0. The second-order valence-electron chi connectivity index (χ2n) is 5.24. The van der Waals surface area contributed by atoms with Crippen molar-refractivity contribution in [2.45, 2.75) is 33.1 Å². The summed E-state index contributed by atoms with van der Waals surface area (Å²) in [5.74, 6) is 0.221. The topological polar surface area (TPSA) is 32.3 Å². The smallest absolute Gasteiger partial charge is 0.251 e. The largest absolute Gasteiger partial charge is 0.387 e. The summed E-state index contributed by atoms with van der Waals surface area (Å²) >= 11 is 0. The minimum Gasteiger partial charge on any atom is -0.387 e. The highest BCUT2D eigenvalue weighted by Gasteiger charge is 2.34. The van der Waals surface area contributed by atoms with Gasteiger partial charge in [-0.1, -0.05) is 13.8 Å². The van der Waals surface area contributed by atoms with Gasteiger partial charge in [0.25, 0.3) is 5.91 Å². The van der Waals surface area contributed by atoms with Crippen LogP contribution in [-0.4, -0.2) is 30.9 Å². The fourth-order valence-electron chi connectivity index (χ4n) is 2.54. The molecule has 1 amide bonds. The number of amides is 1. The Morgan fingerprint density at radius 2 is 2.13 bits per heavy atom. The van der Waals surface area contributed by atoms with E-state index in [9.17, 15) is 4.79 Å². The first kappa shape index (κ1) is 10.5. The number of hydrogen-bond acceptors (Lipinski definition) is 2. The Morgan fingerprint density at radius 1 is 1.40 bits per heavy atom. The predicted octanol–water partition coefficient (Wildman–Crippen LogP) is 1.51. The zero-order valence-electron chi connectivity index (χ0n) is 9.89. The van der Waals surface area contributed by atoms with Gasteiger partial charge in [0.1, 0.15) is 0 Å². The molecule has 2 saturated heterocycles. The summed E-state index contributed by atoms with van der Waals surface area (Å²) in [5.41, 5.74) is 2.37. The third-order valence-corrected chi connectivity index (χ3v) is 3.56. The van der Waals surface area contributed by atoms with Gasteiger partial charge in [0.2, 0.25) is 0 Å². The zero-order valence-corrected chi connectivity index (χ0v) is 9.89. The van der Waals surface area contributed by atoms with Gasteiger partial charge in [-0.3, -0.25) is 4.79 Å². The van der Waals surface area contributed by atoms with E-state index in [0.29, 0.717) is 0 Å². The van der Waals surface area contributed by atoms with Crippen molar-refractivity contribution in [3.8, 4) is 0 Å². The number of carbonyl (C=O) groups is 1. The summed E-state index contributed by atoms with van der Waals surface area (Å²) in [6.07, 6.45) is 3.16. The molecule has 2 fully saturated rings. The fraction of sp³-hybridized carbons (Fsp3) is 0.750. The van der Waals surface area contributed by atoms with Crippen molar-refractivity contribution in [1.82, 2.24) is 10.2 Å². The van der Waals surface area contributed by atoms with Gasteiger partial charge in [-0.25, -0.2) is 0 Å². The fourth-order valence-corrected chi connectivity index (χ4v) is 2.54. The van der Waals surface area contributed by atoms with Gasteiger partial charge in [-0.2, -0.15) is 0 Å². The number of hydrogen-bond donors (Lipinski definition) is 1. The molecule has 0 aliphatic carbocycles. The minimum absolute atomic E-state index is 0.156. The number of rotatable bonds is 0. The first-order valence-corrected chi connectivity index (χ1v) is 5.75. The standard InChI is InChI=1S/C12H20N2O/c1-12(2)6-7-13-10(12)9-5-4-8-14(3)11(9)15/h13H,4-8H2,1-3H3/b10-9-. The monoisotopic (exact) mass is 208 g/mol. The molecule has 1 N–H and O–H groups in total. The number of likely N-dealkylation sites (N-methyl/N-ethyl adjacent to an activating group) is 1. The molecule has 0 aromatic heterocycles. The van der Waals surface area contributed by atoms with Crippen LogP contribution in [0.2, 0.25) is 0 Å². The maximum Gasteiger partial charge on any atom is 0.251 e. The van der Waals surface area contributed by atoms with Crippen LogP contribution in [0.5, 0.6) is 0 Å². The number of nitrogens with one attached hydrogen (secondary N) is 1. The van der Waals surface area contributed by atoms with Crippen molar-refractivity contribution in [1.29, 1.82) is 0 Å². The van der Waals surface area contributed by atoms with E-state index < -0.39 is 0 Å². The van der Waals surface area contributed by atoms with Gasteiger partial charge in [0.05, 0.1) is 0 Å². The second kappa shape index (κ2) is 3.54. The Bertz CT molecular complexity index is 318. The van der Waals surface area contributed by atoms with Gasteiger partial charge in [0, 0.05) is 36.8 Å². The molecule has 2 aliphatic heterocycles. The molecule has 2 heterocycles. The lowest BCUT2D eigenvalue weighted by Crippen LogP contribution is -2.36. The molecule has 15 heavy (non-hydrogen) atoms. The molecule has 0 bridgehead atoms. The number of carbonyl (C=O) groups excluding carboxylic acids is 1. The van der Waals surface area contributed by atoms with Crippen molar-refractivity contribution in [3.63, 3.8) is 0 Å². The summed E-state index contributed by atoms with van der Waals surface area (Å²) in [6, 6.07) is 0. The molecule has 0 atom stereocenters. The van der Waals surface area contributed by atoms with Crippen molar-refractivity contribution in [3.05, 3.63) is 11.3 Å². The van der Waals surface area contributed by atoms with E-state index in [1.807, 2.05) is 11.9 Å². The Kier molecular flexibility index (Phi) is 2.49. The van der Waals surface area contributed by atoms with Crippen LogP contribution in [0, 0.1) is 5.41 Å². The first-order valence-electron chi connectivity index (χ1n) is 5.75. The van der Waals surface area contributed by atoms with E-state index in [1.165, 1.54) is 5.70 Å². The SMILES string of the molecule is CN1CCC/C(=C2/NCCC2(C)C)C1=O. The summed E-state index contributed by atoms with van der Waals surface area (Å²) in [5, 5.41) is 3.40. The highest BCUT2D eigenvalue weighted by molar-refractivity contribution is 5.94. The highest BCUT2D eigenvalue weighted by Crippen LogP contribution is 2.37. The third kappa shape index (κ3) is 1.75. The quantitative estimate of drug-likeness (QED) is 0.612. The Labute approximate surface area is 91.5 Å². The van der Waals surface area contributed by atoms with Crippen molar-refractivity contribution in [2.24, 2.45) is 5.41 Å². The van der Waals surface area contributed by atoms with E-state index in [2.05, 4.69) is 19.2 Å². The molecule has 3 nitrogen and oxygen atoms in total. The Balaban J connectivity index is 2.35. The first-order chi connectivity index (χ1) is 7.02. The average molecular weight is 208 g/mol. The summed E-state index contributed by atoms with van der Waals surface area (Å²) in [7, 11) is 1.89. The van der Waals surface area contributed by atoms with Crippen LogP contribution < -0.4 is 5.32 Å². The van der Waals surface area contributed by atoms with E-state index in [4.69, 9.17) is 0 Å². The second-order valence-corrected chi connectivity index (χ2v) is 5.24. The van der Waals surface area contributed by atoms with Gasteiger partial charge in [-0.05, 0) is 19.3 Å². The minimum atomic E-state index is 0.156. The van der Waals surface area contributed by atoms with Crippen molar-refractivity contribution >= 4 is 5.91 Å². The number of likely N-dealkylation sites (tertiary alicyclic amines) is 1. The van der Waals surface area contributed by atoms with Gasteiger partial charge in [-0.15, -0.1) is 0 Å². The number of nitrogens with zero attached hydrogens (tertiary/aromatic N) is 1. The Morgan fingerprint density at radius 3 is 2.73 bits per heavy atom. The van der Waals surface area contributed by atoms with Crippen LogP contribution in [0.1, 0.15) is 33.1 Å². The van der Waals surface area contributed by atoms with E-state index in [-0.39, 0.29) is 11.3 Å². The normalized spacial score (nSPS) is 30.6. The lowest BCUT2D eigenvalue weighted by atomic mass is 9.84. The highest BCUT2D eigenvalue weighted by atomic mass is 16.2. The summed E-state index contributed by atoms with van der Waals surface area (Å²) < 4.78 is 0. The molecule has 0 spiro atoms. The summed E-state index contributed by atoms with van der Waals surface area (Å²) in [4.78, 5) is 13.9. The third-order valence-electron chi connectivity index (χ3n) is 3.56. The van der Waals surface area contributed by atoms with Gasteiger partial charge < -0.3 is 10.2 Å². The summed E-state index contributed by atoms with van der Waals surface area (Å²) in [6.45, 7) is 6.34. The average Bonchev–Trinajstić information content (AvgIpc) is 2.50. The molecule has 2 aliphatic rings. The van der Waals surface area contributed by atoms with Crippen LogP contribution in [0.25, 0.3) is 0 Å². The molecule has 84 valence electrons. The van der Waals surface area contributed by atoms with Crippen LogP contribution in [-0.2, 0) is 4.79 Å². The van der Waals surface area contributed by atoms with E-state index >= 15 is 0 Å². The number of allylic oxidation sites excluding steroid dienone is 1. The van der Waals surface area contributed by atoms with Gasteiger partial charge in [0.15, 0.2) is 0 Å². The Hall–Kier alpha value is -0.990. The lowest BCUT2D eigenvalue weighted by molar-refractivity contribution is -0.127. The molecule has 2 rings (SSSR count). The molecule has 0 saturated carbocycles.